The normalized spacial score (nSPS) is 26.4. The Bertz CT molecular complexity index is 246. The summed E-state index contributed by atoms with van der Waals surface area (Å²) in [6.07, 6.45) is 0.987. The Morgan fingerprint density at radius 3 is 2.71 bits per heavy atom. The zero-order valence-corrected chi connectivity index (χ0v) is 9.46. The first-order chi connectivity index (χ1) is 6.56. The van der Waals surface area contributed by atoms with Crippen molar-refractivity contribution >= 4 is 5.97 Å². The molecule has 1 fully saturated rings. The van der Waals surface area contributed by atoms with Crippen molar-refractivity contribution in [2.24, 2.45) is 0 Å². The van der Waals surface area contributed by atoms with Gasteiger partial charge in [0.25, 0.3) is 0 Å². The van der Waals surface area contributed by atoms with Crippen LogP contribution in [0.25, 0.3) is 0 Å². The van der Waals surface area contributed by atoms with Crippen molar-refractivity contribution in [3.8, 4) is 0 Å². The molecule has 1 saturated heterocycles. The Balaban J connectivity index is 2.70. The van der Waals surface area contributed by atoms with Gasteiger partial charge in [-0.1, -0.05) is 0 Å². The van der Waals surface area contributed by atoms with Crippen LogP contribution in [0.5, 0.6) is 0 Å². The smallest absolute Gasteiger partial charge is 0.333 e. The third-order valence-electron chi connectivity index (χ3n) is 2.85. The zero-order chi connectivity index (χ0) is 10.7. The van der Waals surface area contributed by atoms with Gasteiger partial charge in [-0.3, -0.25) is 4.90 Å². The van der Waals surface area contributed by atoms with E-state index in [9.17, 15) is 4.79 Å². The van der Waals surface area contributed by atoms with Gasteiger partial charge in [-0.2, -0.15) is 0 Å². The molecule has 0 spiro atoms. The van der Waals surface area contributed by atoms with Crippen molar-refractivity contribution in [2.45, 2.75) is 33.2 Å². The fraction of sp³-hybridized carbons (Fsp3) is 0.727. The third kappa shape index (κ3) is 2.35. The maximum Gasteiger partial charge on any atom is 0.333 e. The van der Waals surface area contributed by atoms with Crippen LogP contribution in [0.1, 0.15) is 27.2 Å². The van der Waals surface area contributed by atoms with E-state index in [-0.39, 0.29) is 5.97 Å². The topological polar surface area (TPSA) is 29.5 Å². The highest BCUT2D eigenvalue weighted by atomic mass is 16.5. The quantitative estimate of drug-likeness (QED) is 0.497. The molecule has 1 heterocycles. The molecule has 3 heteroatoms. The van der Waals surface area contributed by atoms with E-state index in [4.69, 9.17) is 4.74 Å². The van der Waals surface area contributed by atoms with Crippen molar-refractivity contribution < 1.29 is 9.53 Å². The Kier molecular flexibility index (Phi) is 3.69. The van der Waals surface area contributed by atoms with Gasteiger partial charge in [0.15, 0.2) is 0 Å². The number of carbonyl (C=O) groups excluding carboxylic acids is 1. The van der Waals surface area contributed by atoms with E-state index in [1.54, 1.807) is 0 Å². The maximum absolute atomic E-state index is 11.4. The number of hydrogen-bond donors (Lipinski definition) is 0. The molecular formula is C11H19NO2. The summed E-state index contributed by atoms with van der Waals surface area (Å²) in [4.78, 5) is 13.7. The average molecular weight is 197 g/mol. The summed E-state index contributed by atoms with van der Waals surface area (Å²) in [5.74, 6) is -0.162. The summed E-state index contributed by atoms with van der Waals surface area (Å²) in [6, 6.07) is 0.536. The molecule has 0 N–H and O–H groups in total. The van der Waals surface area contributed by atoms with Gasteiger partial charge in [-0.05, 0) is 39.8 Å². The van der Waals surface area contributed by atoms with Gasteiger partial charge >= 0.3 is 5.97 Å². The number of rotatable bonds is 2. The van der Waals surface area contributed by atoms with Crippen LogP contribution < -0.4 is 0 Å². The molecule has 0 aromatic rings. The van der Waals surface area contributed by atoms with Crippen LogP contribution in [0.2, 0.25) is 0 Å². The molecule has 3 nitrogen and oxygen atoms in total. The molecule has 1 aliphatic rings. The van der Waals surface area contributed by atoms with E-state index < -0.39 is 0 Å². The van der Waals surface area contributed by atoms with Gasteiger partial charge in [0.05, 0.1) is 6.61 Å². The molecule has 0 amide bonds. The van der Waals surface area contributed by atoms with Crippen LogP contribution in [0.3, 0.4) is 0 Å². The molecule has 0 aromatic carbocycles. The first kappa shape index (κ1) is 11.2. The number of carbonyl (C=O) groups is 1. The number of hydrogen-bond acceptors (Lipinski definition) is 3. The number of nitrogens with zero attached hydrogens (tertiary/aromatic N) is 1. The first-order valence-corrected chi connectivity index (χ1v) is 5.12. The number of esters is 1. The highest BCUT2D eigenvalue weighted by molar-refractivity contribution is 5.88. The van der Waals surface area contributed by atoms with Crippen LogP contribution in [-0.4, -0.2) is 37.1 Å². The molecule has 0 aromatic heterocycles. The Morgan fingerprint density at radius 2 is 2.29 bits per heavy atom. The third-order valence-corrected chi connectivity index (χ3v) is 2.85. The number of ether oxygens (including phenoxy) is 1. The molecule has 0 radical (unpaired) electrons. The predicted molar refractivity (Wildman–Crippen MR) is 56.0 cm³/mol. The van der Waals surface area contributed by atoms with Crippen molar-refractivity contribution in [3.63, 3.8) is 0 Å². The van der Waals surface area contributed by atoms with Crippen molar-refractivity contribution in [1.29, 1.82) is 0 Å². The second-order valence-electron chi connectivity index (χ2n) is 3.92. The second-order valence-corrected chi connectivity index (χ2v) is 3.92. The van der Waals surface area contributed by atoms with Gasteiger partial charge < -0.3 is 4.74 Å². The molecule has 1 rings (SSSR count). The molecule has 1 atom stereocenters. The summed E-state index contributed by atoms with van der Waals surface area (Å²) < 4.78 is 4.97. The largest absolute Gasteiger partial charge is 0.463 e. The summed E-state index contributed by atoms with van der Waals surface area (Å²) >= 11 is 0. The molecule has 0 aliphatic carbocycles. The predicted octanol–water partition coefficient (Wildman–Crippen LogP) is 1.59. The van der Waals surface area contributed by atoms with Crippen molar-refractivity contribution in [2.75, 3.05) is 20.2 Å². The van der Waals surface area contributed by atoms with Crippen LogP contribution in [-0.2, 0) is 9.53 Å². The minimum atomic E-state index is -0.162. The van der Waals surface area contributed by atoms with E-state index in [1.807, 2.05) is 13.8 Å². The SMILES string of the molecule is CCOC(=O)/C(C)=C1/CC(C)N(C)C1. The lowest BCUT2D eigenvalue weighted by molar-refractivity contribution is -0.138. The minimum absolute atomic E-state index is 0.162. The minimum Gasteiger partial charge on any atom is -0.463 e. The lowest BCUT2D eigenvalue weighted by atomic mass is 10.1. The summed E-state index contributed by atoms with van der Waals surface area (Å²) in [5.41, 5.74) is 2.02. The fourth-order valence-corrected chi connectivity index (χ4v) is 1.69. The number of likely N-dealkylation sites (tertiary alicyclic amines) is 1. The molecule has 1 aliphatic heterocycles. The van der Waals surface area contributed by atoms with Crippen LogP contribution in [0.4, 0.5) is 0 Å². The van der Waals surface area contributed by atoms with Crippen molar-refractivity contribution in [1.82, 2.24) is 4.90 Å². The lowest BCUT2D eigenvalue weighted by Crippen LogP contribution is -2.21. The van der Waals surface area contributed by atoms with Crippen molar-refractivity contribution in [3.05, 3.63) is 11.1 Å². The van der Waals surface area contributed by atoms with Gasteiger partial charge in [0.2, 0.25) is 0 Å². The first-order valence-electron chi connectivity index (χ1n) is 5.12. The van der Waals surface area contributed by atoms with E-state index >= 15 is 0 Å². The fourth-order valence-electron chi connectivity index (χ4n) is 1.69. The average Bonchev–Trinajstić information content (AvgIpc) is 2.46. The maximum atomic E-state index is 11.4. The summed E-state index contributed by atoms with van der Waals surface area (Å²) in [6.45, 7) is 7.21. The monoisotopic (exact) mass is 197 g/mol. The molecular weight excluding hydrogens is 178 g/mol. The van der Waals surface area contributed by atoms with E-state index in [0.29, 0.717) is 12.6 Å². The molecule has 14 heavy (non-hydrogen) atoms. The standard InChI is InChI=1S/C11H19NO2/c1-5-14-11(13)9(3)10-6-8(2)12(4)7-10/h8H,5-7H2,1-4H3/b10-9-. The Morgan fingerprint density at radius 1 is 1.64 bits per heavy atom. The second kappa shape index (κ2) is 4.60. The van der Waals surface area contributed by atoms with E-state index in [1.165, 1.54) is 5.57 Å². The Hall–Kier alpha value is -0.830. The summed E-state index contributed by atoms with van der Waals surface area (Å²) in [7, 11) is 2.08. The van der Waals surface area contributed by atoms with Crippen LogP contribution >= 0.6 is 0 Å². The Labute approximate surface area is 85.7 Å². The van der Waals surface area contributed by atoms with Gasteiger partial charge in [0, 0.05) is 18.2 Å². The van der Waals surface area contributed by atoms with Gasteiger partial charge in [-0.15, -0.1) is 0 Å². The molecule has 80 valence electrons. The zero-order valence-electron chi connectivity index (χ0n) is 9.46. The lowest BCUT2D eigenvalue weighted by Gasteiger charge is -2.11. The van der Waals surface area contributed by atoms with Gasteiger partial charge in [-0.25, -0.2) is 4.79 Å². The molecule has 1 unspecified atom stereocenters. The van der Waals surface area contributed by atoms with Crippen LogP contribution in [0.15, 0.2) is 11.1 Å². The highest BCUT2D eigenvalue weighted by Crippen LogP contribution is 2.23. The van der Waals surface area contributed by atoms with E-state index in [2.05, 4.69) is 18.9 Å². The molecule has 0 bridgehead atoms. The summed E-state index contributed by atoms with van der Waals surface area (Å²) in [5, 5.41) is 0. The van der Waals surface area contributed by atoms with Gasteiger partial charge in [0.1, 0.15) is 0 Å². The highest BCUT2D eigenvalue weighted by Gasteiger charge is 2.24. The molecule has 0 saturated carbocycles. The van der Waals surface area contributed by atoms with Crippen LogP contribution in [0, 0.1) is 0 Å². The number of likely N-dealkylation sites (N-methyl/N-ethyl adjacent to an activating group) is 1. The van der Waals surface area contributed by atoms with E-state index in [0.717, 1.165) is 18.5 Å².